The third-order valence-corrected chi connectivity index (χ3v) is 2.39. The van der Waals surface area contributed by atoms with Crippen LogP contribution < -0.4 is 5.32 Å². The molecule has 2 rings (SSSR count). The molecule has 0 unspecified atom stereocenters. The zero-order valence-corrected chi connectivity index (χ0v) is 10.8. The Morgan fingerprint density at radius 1 is 1.45 bits per heavy atom. The fourth-order valence-electron chi connectivity index (χ4n) is 1.56. The van der Waals surface area contributed by atoms with Crippen LogP contribution >= 0.6 is 0 Å². The number of hydrogen-bond donors (Lipinski definition) is 2. The van der Waals surface area contributed by atoms with E-state index in [1.807, 2.05) is 12.1 Å². The molecule has 0 aliphatic rings. The minimum absolute atomic E-state index is 0.0430. The number of hydrogen-bond acceptors (Lipinski definition) is 4. The summed E-state index contributed by atoms with van der Waals surface area (Å²) in [6, 6.07) is 7.23. The van der Waals surface area contributed by atoms with E-state index in [2.05, 4.69) is 27.5 Å². The van der Waals surface area contributed by atoms with Gasteiger partial charge in [-0.25, -0.2) is 4.68 Å². The van der Waals surface area contributed by atoms with Crippen molar-refractivity contribution < 1.29 is 9.90 Å². The van der Waals surface area contributed by atoms with Crippen LogP contribution in [0.4, 0.5) is 5.69 Å². The van der Waals surface area contributed by atoms with Crippen molar-refractivity contribution in [1.29, 1.82) is 0 Å². The van der Waals surface area contributed by atoms with E-state index in [-0.39, 0.29) is 19.1 Å². The van der Waals surface area contributed by atoms with Crippen LogP contribution in [-0.4, -0.2) is 32.6 Å². The molecule has 0 aliphatic carbocycles. The first kappa shape index (κ1) is 13.8. The molecule has 6 heteroatoms. The third-order valence-electron chi connectivity index (χ3n) is 2.39. The maximum Gasteiger partial charge on any atom is 0.246 e. The highest BCUT2D eigenvalue weighted by atomic mass is 16.2. The zero-order valence-electron chi connectivity index (χ0n) is 10.8. The van der Waals surface area contributed by atoms with Crippen molar-refractivity contribution in [2.45, 2.75) is 13.0 Å². The molecule has 2 N–H and O–H groups in total. The fourth-order valence-corrected chi connectivity index (χ4v) is 1.56. The lowest BCUT2D eigenvalue weighted by atomic mass is 10.2. The summed E-state index contributed by atoms with van der Waals surface area (Å²) < 4.78 is 1.44. The predicted octanol–water partition coefficient (Wildman–Crippen LogP) is 0.651. The molecule has 20 heavy (non-hydrogen) atoms. The molecule has 0 atom stereocenters. The number of rotatable bonds is 4. The van der Waals surface area contributed by atoms with Gasteiger partial charge in [-0.3, -0.25) is 4.79 Å². The van der Waals surface area contributed by atoms with Crippen molar-refractivity contribution in [2.24, 2.45) is 0 Å². The summed E-state index contributed by atoms with van der Waals surface area (Å²) in [5.41, 5.74) is 1.46. The lowest BCUT2D eigenvalue weighted by molar-refractivity contribution is -0.116. The highest BCUT2D eigenvalue weighted by Crippen LogP contribution is 2.09. The van der Waals surface area contributed by atoms with Crippen molar-refractivity contribution in [3.05, 3.63) is 42.2 Å². The van der Waals surface area contributed by atoms with Gasteiger partial charge in [-0.15, -0.1) is 5.10 Å². The monoisotopic (exact) mass is 270 g/mol. The van der Waals surface area contributed by atoms with Gasteiger partial charge < -0.3 is 10.4 Å². The predicted molar refractivity (Wildman–Crippen MR) is 73.7 cm³/mol. The quantitative estimate of drug-likeness (QED) is 0.799. The van der Waals surface area contributed by atoms with Gasteiger partial charge in [0, 0.05) is 23.9 Å². The topological polar surface area (TPSA) is 80.0 Å². The summed E-state index contributed by atoms with van der Waals surface area (Å²) >= 11 is 0. The number of anilines is 1. The molecule has 1 aromatic heterocycles. The van der Waals surface area contributed by atoms with E-state index in [0.29, 0.717) is 12.1 Å². The first-order chi connectivity index (χ1) is 9.78. The Morgan fingerprint density at radius 3 is 3.10 bits per heavy atom. The maximum absolute atomic E-state index is 11.8. The molecule has 2 aromatic rings. The first-order valence-corrected chi connectivity index (χ1v) is 6.11. The second-order valence-electron chi connectivity index (χ2n) is 4.00. The Labute approximate surface area is 116 Å². The van der Waals surface area contributed by atoms with Crippen LogP contribution in [0.15, 0.2) is 36.7 Å². The minimum Gasteiger partial charge on any atom is -0.395 e. The molecule has 0 spiro atoms. The van der Waals surface area contributed by atoms with Gasteiger partial charge in [-0.05, 0) is 18.2 Å². The summed E-state index contributed by atoms with van der Waals surface area (Å²) in [7, 11) is 0. The number of nitrogens with one attached hydrogen (secondary N) is 1. The van der Waals surface area contributed by atoms with Gasteiger partial charge >= 0.3 is 0 Å². The van der Waals surface area contributed by atoms with Crippen molar-refractivity contribution in [3.63, 3.8) is 0 Å². The van der Waals surface area contributed by atoms with Gasteiger partial charge in [-0.2, -0.15) is 0 Å². The summed E-state index contributed by atoms with van der Waals surface area (Å²) in [4.78, 5) is 11.8. The average molecular weight is 270 g/mol. The molecule has 1 aromatic carbocycles. The van der Waals surface area contributed by atoms with E-state index in [1.54, 1.807) is 18.3 Å². The van der Waals surface area contributed by atoms with Crippen LogP contribution in [0.3, 0.4) is 0 Å². The van der Waals surface area contributed by atoms with Crippen molar-refractivity contribution >= 4 is 11.6 Å². The number of aliphatic hydroxyl groups excluding tert-OH is 1. The highest BCUT2D eigenvalue weighted by molar-refractivity contribution is 5.90. The van der Waals surface area contributed by atoms with Crippen LogP contribution in [-0.2, 0) is 11.3 Å². The normalized spacial score (nSPS) is 9.65. The van der Waals surface area contributed by atoms with E-state index in [9.17, 15) is 4.79 Å². The minimum atomic E-state index is -0.184. The lowest BCUT2D eigenvalue weighted by Gasteiger charge is -2.05. The van der Waals surface area contributed by atoms with Crippen LogP contribution in [0, 0.1) is 11.8 Å². The Morgan fingerprint density at radius 2 is 2.35 bits per heavy atom. The molecule has 6 nitrogen and oxygen atoms in total. The van der Waals surface area contributed by atoms with Gasteiger partial charge in [-0.1, -0.05) is 23.1 Å². The van der Waals surface area contributed by atoms with Gasteiger partial charge in [0.1, 0.15) is 6.54 Å². The largest absolute Gasteiger partial charge is 0.395 e. The molecule has 0 radical (unpaired) electrons. The fraction of sp³-hybridized carbons (Fsp3) is 0.214. The molecular weight excluding hydrogens is 256 g/mol. The first-order valence-electron chi connectivity index (χ1n) is 6.11. The smallest absolute Gasteiger partial charge is 0.246 e. The maximum atomic E-state index is 11.8. The zero-order chi connectivity index (χ0) is 14.2. The molecule has 1 heterocycles. The number of nitrogens with zero attached hydrogens (tertiary/aromatic N) is 3. The van der Waals surface area contributed by atoms with E-state index < -0.39 is 0 Å². The number of aliphatic hydroxyl groups is 1. The van der Waals surface area contributed by atoms with Crippen molar-refractivity contribution in [3.8, 4) is 11.8 Å². The van der Waals surface area contributed by atoms with E-state index in [1.165, 1.54) is 10.9 Å². The number of carbonyl (C=O) groups excluding carboxylic acids is 1. The standard InChI is InChI=1S/C14H14N4O2/c19-9-2-1-4-12-5-3-6-13(10-12)16-14(20)11-18-8-7-15-17-18/h3,5-8,10,19H,2,9,11H2,(H,16,20). The number of amides is 1. The van der Waals surface area contributed by atoms with Gasteiger partial charge in [0.2, 0.25) is 5.91 Å². The summed E-state index contributed by atoms with van der Waals surface area (Å²) in [6.07, 6.45) is 3.57. The molecule has 102 valence electrons. The summed E-state index contributed by atoms with van der Waals surface area (Å²) in [5, 5.41) is 18.8. The Kier molecular flexibility index (Phi) is 4.87. The van der Waals surface area contributed by atoms with Crippen LogP contribution in [0.25, 0.3) is 0 Å². The second kappa shape index (κ2) is 7.07. The lowest BCUT2D eigenvalue weighted by Crippen LogP contribution is -2.19. The van der Waals surface area contributed by atoms with Crippen molar-refractivity contribution in [1.82, 2.24) is 15.0 Å². The molecule has 1 amide bonds. The third kappa shape index (κ3) is 4.23. The number of carbonyl (C=O) groups is 1. The van der Waals surface area contributed by atoms with Crippen LogP contribution in [0.2, 0.25) is 0 Å². The molecule has 0 saturated carbocycles. The van der Waals surface area contributed by atoms with Crippen molar-refractivity contribution in [2.75, 3.05) is 11.9 Å². The Bertz CT molecular complexity index is 626. The Balaban J connectivity index is 1.97. The SMILES string of the molecule is O=C(Cn1ccnn1)Nc1cccc(C#CCCO)c1. The van der Waals surface area contributed by atoms with Crippen LogP contribution in [0.5, 0.6) is 0 Å². The van der Waals surface area contributed by atoms with Crippen LogP contribution in [0.1, 0.15) is 12.0 Å². The van der Waals surface area contributed by atoms with Gasteiger partial charge in [0.05, 0.1) is 12.8 Å². The number of benzene rings is 1. The molecule has 0 saturated heterocycles. The van der Waals surface area contributed by atoms with E-state index in [0.717, 1.165) is 5.56 Å². The van der Waals surface area contributed by atoms with Gasteiger partial charge in [0.25, 0.3) is 0 Å². The second-order valence-corrected chi connectivity index (χ2v) is 4.00. The number of aromatic nitrogens is 3. The Hall–Kier alpha value is -2.65. The van der Waals surface area contributed by atoms with Gasteiger partial charge in [0.15, 0.2) is 0 Å². The average Bonchev–Trinajstić information content (AvgIpc) is 2.92. The van der Waals surface area contributed by atoms with E-state index >= 15 is 0 Å². The summed E-state index contributed by atoms with van der Waals surface area (Å²) in [6.45, 7) is 0.155. The molecule has 0 fully saturated rings. The van der Waals surface area contributed by atoms with E-state index in [4.69, 9.17) is 5.11 Å². The highest BCUT2D eigenvalue weighted by Gasteiger charge is 2.04. The molecule has 0 aliphatic heterocycles. The molecule has 0 bridgehead atoms. The summed E-state index contributed by atoms with van der Waals surface area (Å²) in [5.74, 6) is 5.56. The molecular formula is C14H14N4O2.